The maximum absolute atomic E-state index is 12.8. The van der Waals surface area contributed by atoms with E-state index in [0.29, 0.717) is 24.3 Å². The van der Waals surface area contributed by atoms with Gasteiger partial charge in [0.1, 0.15) is 12.4 Å². The number of ether oxygens (including phenoxy) is 5. The van der Waals surface area contributed by atoms with Gasteiger partial charge in [0.05, 0.1) is 34.0 Å². The van der Waals surface area contributed by atoms with Crippen molar-refractivity contribution >= 4 is 33.6 Å². The van der Waals surface area contributed by atoms with Crippen LogP contribution in [0.4, 0.5) is 4.79 Å². The Morgan fingerprint density at radius 3 is 2.24 bits per heavy atom. The van der Waals surface area contributed by atoms with Crippen LogP contribution in [0.1, 0.15) is 24.5 Å². The predicted octanol–water partition coefficient (Wildman–Crippen LogP) is 6.37. The Morgan fingerprint density at radius 2 is 1.56 bits per heavy atom. The SMILES string of the molecule is COc1ccc2cc(C[C@@H](/C=C/CCOC(C)=O)NC(=O)OCc3ccccc3)c3cc(OC)c(OC)cc3c2c1. The average Bonchev–Trinajstić information content (AvgIpc) is 2.99. The Morgan fingerprint density at radius 1 is 0.829 bits per heavy atom. The highest BCUT2D eigenvalue weighted by Crippen LogP contribution is 2.39. The highest BCUT2D eigenvalue weighted by molar-refractivity contribution is 6.10. The van der Waals surface area contributed by atoms with E-state index in [2.05, 4.69) is 11.4 Å². The summed E-state index contributed by atoms with van der Waals surface area (Å²) >= 11 is 0. The zero-order chi connectivity index (χ0) is 29.2. The monoisotopic (exact) mass is 557 g/mol. The molecule has 8 nitrogen and oxygen atoms in total. The lowest BCUT2D eigenvalue weighted by atomic mass is 9.93. The molecule has 0 saturated heterocycles. The molecule has 0 radical (unpaired) electrons. The van der Waals surface area contributed by atoms with Gasteiger partial charge in [0.2, 0.25) is 0 Å². The zero-order valence-electron chi connectivity index (χ0n) is 23.8. The van der Waals surface area contributed by atoms with Crippen LogP contribution in [-0.4, -0.2) is 46.0 Å². The molecule has 0 aromatic heterocycles. The minimum absolute atomic E-state index is 0.160. The standard InChI is InChI=1S/C33H35NO7/c1-22(35)40-15-9-8-12-26(34-33(36)41-21-23-10-6-5-7-11-23)17-25-16-24-13-14-27(37-2)18-28(24)30-20-32(39-4)31(38-3)19-29(25)30/h5-8,10-14,16,18-20,26H,9,15,17,21H2,1-4H3,(H,34,36)/b12-8+/t26-/m1/s1. The number of methoxy groups -OCH3 is 3. The number of amides is 1. The third-order valence-corrected chi connectivity index (χ3v) is 6.66. The number of hydrogen-bond donors (Lipinski definition) is 1. The first kappa shape index (κ1) is 29.3. The first-order chi connectivity index (χ1) is 19.9. The summed E-state index contributed by atoms with van der Waals surface area (Å²) < 4.78 is 27.3. The Bertz CT molecular complexity index is 1530. The third-order valence-electron chi connectivity index (χ3n) is 6.66. The summed E-state index contributed by atoms with van der Waals surface area (Å²) in [5, 5.41) is 6.94. The van der Waals surface area contributed by atoms with Crippen molar-refractivity contribution in [1.29, 1.82) is 0 Å². The number of nitrogens with one attached hydrogen (secondary N) is 1. The third kappa shape index (κ3) is 7.69. The van der Waals surface area contributed by atoms with Gasteiger partial charge in [-0.15, -0.1) is 0 Å². The van der Waals surface area contributed by atoms with Crippen LogP contribution < -0.4 is 19.5 Å². The van der Waals surface area contributed by atoms with Crippen molar-refractivity contribution in [2.45, 2.75) is 32.4 Å². The molecule has 0 fully saturated rings. The van der Waals surface area contributed by atoms with Gasteiger partial charge in [0.15, 0.2) is 11.5 Å². The average molecular weight is 558 g/mol. The fourth-order valence-corrected chi connectivity index (χ4v) is 4.67. The molecule has 0 aliphatic heterocycles. The molecular formula is C33H35NO7. The summed E-state index contributed by atoms with van der Waals surface area (Å²) in [6.45, 7) is 1.79. The van der Waals surface area contributed by atoms with Crippen molar-refractivity contribution in [3.05, 3.63) is 90.0 Å². The lowest BCUT2D eigenvalue weighted by molar-refractivity contribution is -0.140. The maximum Gasteiger partial charge on any atom is 0.407 e. The lowest BCUT2D eigenvalue weighted by Crippen LogP contribution is -2.35. The number of carbonyl (C=O) groups is 2. The van der Waals surface area contributed by atoms with Gasteiger partial charge in [-0.1, -0.05) is 54.6 Å². The summed E-state index contributed by atoms with van der Waals surface area (Å²) in [6, 6.07) is 21.1. The van der Waals surface area contributed by atoms with E-state index < -0.39 is 12.1 Å². The molecule has 4 aromatic carbocycles. The number of fused-ring (bicyclic) bond motifs is 3. The van der Waals surface area contributed by atoms with Crippen LogP contribution in [0.2, 0.25) is 0 Å². The number of esters is 1. The second-order valence-corrected chi connectivity index (χ2v) is 9.45. The first-order valence-electron chi connectivity index (χ1n) is 13.3. The molecule has 0 heterocycles. The molecule has 4 rings (SSSR count). The van der Waals surface area contributed by atoms with Crippen molar-refractivity contribution in [3.63, 3.8) is 0 Å². The van der Waals surface area contributed by atoms with Crippen molar-refractivity contribution in [3.8, 4) is 17.2 Å². The molecular weight excluding hydrogens is 522 g/mol. The van der Waals surface area contributed by atoms with Crippen LogP contribution in [0.25, 0.3) is 21.5 Å². The van der Waals surface area contributed by atoms with Gasteiger partial charge in [0, 0.05) is 6.92 Å². The largest absolute Gasteiger partial charge is 0.497 e. The van der Waals surface area contributed by atoms with E-state index >= 15 is 0 Å². The van der Waals surface area contributed by atoms with Crippen LogP contribution in [-0.2, 0) is 27.3 Å². The molecule has 0 spiro atoms. The van der Waals surface area contributed by atoms with Crippen LogP contribution in [0, 0.1) is 0 Å². The van der Waals surface area contributed by atoms with E-state index in [0.717, 1.165) is 38.4 Å². The summed E-state index contributed by atoms with van der Waals surface area (Å²) in [7, 11) is 4.85. The van der Waals surface area contributed by atoms with Gasteiger partial charge in [-0.25, -0.2) is 4.79 Å². The summed E-state index contributed by atoms with van der Waals surface area (Å²) in [5.41, 5.74) is 1.89. The Kier molecular flexibility index (Phi) is 10.0. The molecule has 41 heavy (non-hydrogen) atoms. The van der Waals surface area contributed by atoms with Gasteiger partial charge < -0.3 is 29.0 Å². The van der Waals surface area contributed by atoms with Gasteiger partial charge in [-0.3, -0.25) is 4.79 Å². The smallest absolute Gasteiger partial charge is 0.407 e. The molecule has 214 valence electrons. The van der Waals surface area contributed by atoms with E-state index in [-0.39, 0.29) is 19.2 Å². The van der Waals surface area contributed by atoms with Crippen molar-refractivity contribution in [2.75, 3.05) is 27.9 Å². The van der Waals surface area contributed by atoms with Crippen LogP contribution in [0.15, 0.2) is 78.9 Å². The molecule has 8 heteroatoms. The van der Waals surface area contributed by atoms with Crippen molar-refractivity contribution in [1.82, 2.24) is 5.32 Å². The first-order valence-corrected chi connectivity index (χ1v) is 13.3. The van der Waals surface area contributed by atoms with E-state index in [4.69, 9.17) is 23.7 Å². The second kappa shape index (κ2) is 14.1. The maximum atomic E-state index is 12.8. The fourth-order valence-electron chi connectivity index (χ4n) is 4.67. The Hall–Kier alpha value is -4.72. The van der Waals surface area contributed by atoms with Gasteiger partial charge in [-0.05, 0) is 69.8 Å². The molecule has 1 N–H and O–H groups in total. The van der Waals surface area contributed by atoms with Crippen molar-refractivity contribution < 1.29 is 33.3 Å². The highest BCUT2D eigenvalue weighted by Gasteiger charge is 2.17. The molecule has 1 atom stereocenters. The topological polar surface area (TPSA) is 92.3 Å². The van der Waals surface area contributed by atoms with E-state index in [9.17, 15) is 9.59 Å². The molecule has 0 bridgehead atoms. The predicted molar refractivity (Wildman–Crippen MR) is 159 cm³/mol. The number of carbonyl (C=O) groups excluding carboxylic acids is 2. The van der Waals surface area contributed by atoms with E-state index in [1.165, 1.54) is 6.92 Å². The fraction of sp³-hybridized carbons (Fsp3) is 0.273. The Labute approximate surface area is 239 Å². The normalized spacial score (nSPS) is 11.8. The molecule has 0 unspecified atom stereocenters. The highest BCUT2D eigenvalue weighted by atomic mass is 16.5. The minimum atomic E-state index is -0.530. The van der Waals surface area contributed by atoms with Gasteiger partial charge in [-0.2, -0.15) is 0 Å². The van der Waals surface area contributed by atoms with E-state index in [1.54, 1.807) is 21.3 Å². The number of benzene rings is 4. The summed E-state index contributed by atoms with van der Waals surface area (Å²) in [5.74, 6) is 1.64. The van der Waals surface area contributed by atoms with Crippen LogP contribution in [0.3, 0.4) is 0 Å². The Balaban J connectivity index is 1.68. The molecule has 0 aliphatic rings. The van der Waals surface area contributed by atoms with Crippen molar-refractivity contribution in [2.24, 2.45) is 0 Å². The summed E-state index contributed by atoms with van der Waals surface area (Å²) in [6.07, 6.45) is 4.25. The quantitative estimate of drug-likeness (QED) is 0.0937. The summed E-state index contributed by atoms with van der Waals surface area (Å²) in [4.78, 5) is 24.0. The van der Waals surface area contributed by atoms with Crippen LogP contribution in [0.5, 0.6) is 17.2 Å². The molecule has 0 aliphatic carbocycles. The van der Waals surface area contributed by atoms with Gasteiger partial charge >= 0.3 is 12.1 Å². The zero-order valence-corrected chi connectivity index (χ0v) is 23.8. The second-order valence-electron chi connectivity index (χ2n) is 9.45. The molecule has 0 saturated carbocycles. The van der Waals surface area contributed by atoms with E-state index in [1.807, 2.05) is 72.8 Å². The number of alkyl carbamates (subject to hydrolysis) is 1. The van der Waals surface area contributed by atoms with Gasteiger partial charge in [0.25, 0.3) is 0 Å². The number of rotatable bonds is 12. The lowest BCUT2D eigenvalue weighted by Gasteiger charge is -2.19. The minimum Gasteiger partial charge on any atom is -0.497 e. The van der Waals surface area contributed by atoms with Crippen LogP contribution >= 0.6 is 0 Å². The number of hydrogen-bond acceptors (Lipinski definition) is 7. The molecule has 1 amide bonds. The molecule has 4 aromatic rings.